The minimum absolute atomic E-state index is 0.00448. The Morgan fingerprint density at radius 2 is 1.82 bits per heavy atom. The summed E-state index contributed by atoms with van der Waals surface area (Å²) in [6.07, 6.45) is -4.58. The second-order valence-electron chi connectivity index (χ2n) is 9.19. The van der Waals surface area contributed by atoms with Crippen LogP contribution in [0, 0.1) is 6.92 Å². The van der Waals surface area contributed by atoms with Gasteiger partial charge in [0.25, 0.3) is 0 Å². The van der Waals surface area contributed by atoms with Gasteiger partial charge in [0.15, 0.2) is 5.82 Å². The van der Waals surface area contributed by atoms with E-state index in [2.05, 4.69) is 63.4 Å². The molecule has 1 aliphatic rings. The van der Waals surface area contributed by atoms with Crippen LogP contribution in [0.15, 0.2) is 30.3 Å². The lowest BCUT2D eigenvalue weighted by atomic mass is 9.90. The monoisotopic (exact) mass is 459 g/mol. The number of pyridine rings is 1. The van der Waals surface area contributed by atoms with Crippen LogP contribution in [0.2, 0.25) is 0 Å². The van der Waals surface area contributed by atoms with E-state index >= 15 is 0 Å². The molecule has 7 nitrogen and oxygen atoms in total. The maximum absolute atomic E-state index is 13.2. The topological polar surface area (TPSA) is 83.2 Å². The Bertz CT molecular complexity index is 1190. The third-order valence-electron chi connectivity index (χ3n) is 6.41. The standard InChI is InChI=1S/C23H28F3N7/c1-13-17-7-6-16(33-11-22(3,12-33)32(4)5)10-18(17)21(31-30-13)28-14(2)19-8-15(27)9-20(29-19)23(24,25)26/h6-10,14H,11-12H2,1-5H3,(H2,27,29)(H,28,31). The van der Waals surface area contributed by atoms with E-state index in [0.717, 1.165) is 41.3 Å². The van der Waals surface area contributed by atoms with Gasteiger partial charge in [-0.3, -0.25) is 0 Å². The van der Waals surface area contributed by atoms with Crippen LogP contribution in [-0.2, 0) is 6.18 Å². The first kappa shape index (κ1) is 23.0. The molecule has 1 saturated heterocycles. The van der Waals surface area contributed by atoms with Crippen molar-refractivity contribution in [1.82, 2.24) is 20.1 Å². The molecule has 0 aliphatic carbocycles. The Labute approximate surface area is 190 Å². The van der Waals surface area contributed by atoms with E-state index in [-0.39, 0.29) is 16.9 Å². The van der Waals surface area contributed by atoms with Crippen molar-refractivity contribution in [1.29, 1.82) is 0 Å². The summed E-state index contributed by atoms with van der Waals surface area (Å²) in [6, 6.07) is 7.82. The molecule has 4 rings (SSSR count). The number of likely N-dealkylation sites (N-methyl/N-ethyl adjacent to an activating group) is 1. The highest BCUT2D eigenvalue weighted by molar-refractivity contribution is 5.95. The van der Waals surface area contributed by atoms with Gasteiger partial charge in [-0.05, 0) is 59.1 Å². The number of nitrogen functional groups attached to an aromatic ring is 1. The first-order valence-corrected chi connectivity index (χ1v) is 10.7. The second-order valence-corrected chi connectivity index (χ2v) is 9.19. The summed E-state index contributed by atoms with van der Waals surface area (Å²) in [5, 5.41) is 13.5. The molecule has 2 aromatic heterocycles. The average Bonchev–Trinajstić information content (AvgIpc) is 2.72. The Balaban J connectivity index is 1.66. The number of hydrogen-bond acceptors (Lipinski definition) is 7. The molecule has 0 bridgehead atoms. The van der Waals surface area contributed by atoms with Gasteiger partial charge in [-0.25, -0.2) is 4.98 Å². The van der Waals surface area contributed by atoms with E-state index in [9.17, 15) is 13.2 Å². The fourth-order valence-electron chi connectivity index (χ4n) is 4.04. The Morgan fingerprint density at radius 1 is 1.12 bits per heavy atom. The van der Waals surface area contributed by atoms with E-state index in [1.807, 2.05) is 13.0 Å². The summed E-state index contributed by atoms with van der Waals surface area (Å²) in [4.78, 5) is 8.28. The van der Waals surface area contributed by atoms with E-state index in [4.69, 9.17) is 5.73 Å². The molecule has 0 saturated carbocycles. The zero-order valence-corrected chi connectivity index (χ0v) is 19.3. The summed E-state index contributed by atoms with van der Waals surface area (Å²) < 4.78 is 39.6. The van der Waals surface area contributed by atoms with Gasteiger partial charge in [0, 0.05) is 35.2 Å². The predicted octanol–water partition coefficient (Wildman–Crippen LogP) is 4.25. The van der Waals surface area contributed by atoms with Gasteiger partial charge in [-0.2, -0.15) is 18.3 Å². The lowest BCUT2D eigenvalue weighted by Gasteiger charge is -2.53. The highest BCUT2D eigenvalue weighted by atomic mass is 19.4. The lowest BCUT2D eigenvalue weighted by molar-refractivity contribution is -0.141. The number of fused-ring (bicyclic) bond motifs is 1. The van der Waals surface area contributed by atoms with Gasteiger partial charge >= 0.3 is 6.18 Å². The highest BCUT2D eigenvalue weighted by Gasteiger charge is 2.40. The number of halogens is 3. The quantitative estimate of drug-likeness (QED) is 0.590. The van der Waals surface area contributed by atoms with Crippen molar-refractivity contribution in [2.24, 2.45) is 0 Å². The number of anilines is 3. The summed E-state index contributed by atoms with van der Waals surface area (Å²) in [6.45, 7) is 7.62. The summed E-state index contributed by atoms with van der Waals surface area (Å²) in [7, 11) is 4.16. The molecule has 176 valence electrons. The fraction of sp³-hybridized carbons (Fsp3) is 0.435. The van der Waals surface area contributed by atoms with Gasteiger partial charge in [0.1, 0.15) is 5.69 Å². The molecule has 3 aromatic rings. The maximum atomic E-state index is 13.2. The molecule has 1 aliphatic heterocycles. The molecular weight excluding hydrogens is 431 g/mol. The van der Waals surface area contributed by atoms with Crippen LogP contribution in [-0.4, -0.2) is 52.8 Å². The van der Waals surface area contributed by atoms with Crippen LogP contribution in [0.1, 0.15) is 37.0 Å². The molecule has 0 amide bonds. The van der Waals surface area contributed by atoms with Crippen molar-refractivity contribution in [2.45, 2.75) is 38.5 Å². The Morgan fingerprint density at radius 3 is 2.45 bits per heavy atom. The Kier molecular flexibility index (Phi) is 5.60. The molecule has 1 unspecified atom stereocenters. The third kappa shape index (κ3) is 4.39. The van der Waals surface area contributed by atoms with E-state index in [1.54, 1.807) is 6.92 Å². The van der Waals surface area contributed by atoms with Crippen LogP contribution in [0.25, 0.3) is 10.8 Å². The number of nitrogens with two attached hydrogens (primary N) is 1. The van der Waals surface area contributed by atoms with Crippen molar-refractivity contribution in [2.75, 3.05) is 43.1 Å². The second kappa shape index (κ2) is 8.02. The largest absolute Gasteiger partial charge is 0.433 e. The van der Waals surface area contributed by atoms with Crippen molar-refractivity contribution in [3.8, 4) is 0 Å². The number of nitrogens with zero attached hydrogens (tertiary/aromatic N) is 5. The molecule has 1 atom stereocenters. The molecule has 33 heavy (non-hydrogen) atoms. The van der Waals surface area contributed by atoms with Crippen LogP contribution in [0.4, 0.5) is 30.4 Å². The molecule has 3 N–H and O–H groups in total. The van der Waals surface area contributed by atoms with E-state index in [0.29, 0.717) is 5.82 Å². The zero-order chi connectivity index (χ0) is 24.1. The molecule has 0 spiro atoms. The first-order chi connectivity index (χ1) is 15.4. The van der Waals surface area contributed by atoms with E-state index in [1.165, 1.54) is 6.07 Å². The number of aromatic nitrogens is 3. The van der Waals surface area contributed by atoms with Gasteiger partial charge < -0.3 is 20.9 Å². The number of benzene rings is 1. The van der Waals surface area contributed by atoms with Gasteiger partial charge in [0.05, 0.1) is 23.0 Å². The fourth-order valence-corrected chi connectivity index (χ4v) is 4.04. The Hall–Kier alpha value is -3.14. The predicted molar refractivity (Wildman–Crippen MR) is 124 cm³/mol. The third-order valence-corrected chi connectivity index (χ3v) is 6.41. The number of rotatable bonds is 5. The molecule has 1 fully saturated rings. The van der Waals surface area contributed by atoms with Crippen LogP contribution >= 0.6 is 0 Å². The average molecular weight is 460 g/mol. The number of alkyl halides is 3. The normalized spacial score (nSPS) is 16.7. The van der Waals surface area contributed by atoms with Crippen molar-refractivity contribution >= 4 is 28.0 Å². The smallest absolute Gasteiger partial charge is 0.399 e. The molecule has 10 heteroatoms. The van der Waals surface area contributed by atoms with Crippen LogP contribution < -0.4 is 16.0 Å². The number of hydrogen-bond donors (Lipinski definition) is 2. The summed E-state index contributed by atoms with van der Waals surface area (Å²) >= 11 is 0. The van der Waals surface area contributed by atoms with Crippen LogP contribution in [0.3, 0.4) is 0 Å². The highest BCUT2D eigenvalue weighted by Crippen LogP contribution is 2.35. The van der Waals surface area contributed by atoms with Gasteiger partial charge in [-0.1, -0.05) is 6.07 Å². The first-order valence-electron chi connectivity index (χ1n) is 10.7. The number of aryl methyl sites for hydroxylation is 1. The zero-order valence-electron chi connectivity index (χ0n) is 19.3. The molecular formula is C23H28F3N7. The SMILES string of the molecule is Cc1nnc(NC(C)c2cc(N)cc(C(F)(F)F)n2)c2cc(N3CC(C)(N(C)C)C3)ccc12. The van der Waals surface area contributed by atoms with E-state index < -0.39 is 17.9 Å². The van der Waals surface area contributed by atoms with Crippen molar-refractivity contribution < 1.29 is 13.2 Å². The minimum Gasteiger partial charge on any atom is -0.399 e. The lowest BCUT2D eigenvalue weighted by Crippen LogP contribution is -2.67. The minimum atomic E-state index is -4.58. The van der Waals surface area contributed by atoms with Crippen molar-refractivity contribution in [3.05, 3.63) is 47.4 Å². The van der Waals surface area contributed by atoms with Gasteiger partial charge in [0.2, 0.25) is 0 Å². The van der Waals surface area contributed by atoms with Crippen LogP contribution in [0.5, 0.6) is 0 Å². The van der Waals surface area contributed by atoms with Crippen molar-refractivity contribution in [3.63, 3.8) is 0 Å². The van der Waals surface area contributed by atoms with Gasteiger partial charge in [-0.15, -0.1) is 5.10 Å². The molecule has 1 aromatic carbocycles. The summed E-state index contributed by atoms with van der Waals surface area (Å²) in [5.74, 6) is 0.485. The molecule has 0 radical (unpaired) electrons. The maximum Gasteiger partial charge on any atom is 0.433 e. The number of nitrogens with one attached hydrogen (secondary N) is 1. The molecule has 3 heterocycles. The summed E-state index contributed by atoms with van der Waals surface area (Å²) in [5.41, 5.74) is 6.83.